The predicted molar refractivity (Wildman–Crippen MR) is 67.5 cm³/mol. The predicted octanol–water partition coefficient (Wildman–Crippen LogP) is 4.77. The first-order chi connectivity index (χ1) is 6.81. The van der Waals surface area contributed by atoms with Crippen LogP contribution >= 0.6 is 0 Å². The Labute approximate surface area is 89.0 Å². The summed E-state index contributed by atoms with van der Waals surface area (Å²) < 4.78 is 0. The summed E-state index contributed by atoms with van der Waals surface area (Å²) in [6.45, 7) is 11.5. The molecule has 0 aliphatic carbocycles. The normalized spacial score (nSPS) is 8.00. The van der Waals surface area contributed by atoms with Crippen LogP contribution < -0.4 is 0 Å². The maximum absolute atomic E-state index is 3.46. The molecule has 0 heterocycles. The minimum Gasteiger partial charge on any atom is -0.0991 e. The summed E-state index contributed by atoms with van der Waals surface area (Å²) in [4.78, 5) is 0. The van der Waals surface area contributed by atoms with E-state index >= 15 is 0 Å². The van der Waals surface area contributed by atoms with Crippen molar-refractivity contribution in [1.82, 2.24) is 0 Å². The Hall–Kier alpha value is -1.30. The van der Waals surface area contributed by atoms with Gasteiger partial charge >= 0.3 is 0 Å². The molecule has 0 aromatic heterocycles. The quantitative estimate of drug-likeness (QED) is 0.560. The molecule has 1 aromatic rings. The number of rotatable bonds is 1. The van der Waals surface area contributed by atoms with Crippen LogP contribution in [0.4, 0.5) is 0 Å². The minimum atomic E-state index is 1.32. The highest BCUT2D eigenvalue weighted by atomic mass is 13.8. The molecule has 1 rings (SSSR count). The molecule has 0 saturated heterocycles. The number of benzene rings is 1. The molecule has 0 aliphatic heterocycles. The van der Waals surface area contributed by atoms with E-state index < -0.39 is 0 Å². The second-order valence-electron chi connectivity index (χ2n) is 2.42. The molecule has 1 aromatic carbocycles. The Balaban J connectivity index is 0. The van der Waals surface area contributed by atoms with Crippen molar-refractivity contribution >= 4 is 0 Å². The molecule has 0 amide bonds. The van der Waals surface area contributed by atoms with E-state index in [0.29, 0.717) is 0 Å². The maximum atomic E-state index is 3.46. The van der Waals surface area contributed by atoms with Gasteiger partial charge in [0.05, 0.1) is 0 Å². The van der Waals surface area contributed by atoms with Crippen molar-refractivity contribution in [2.45, 2.75) is 27.7 Å². The maximum Gasteiger partial charge on any atom is -0.0398 e. The van der Waals surface area contributed by atoms with Gasteiger partial charge in [-0.05, 0) is 13.8 Å². The molecule has 0 spiro atoms. The van der Waals surface area contributed by atoms with Gasteiger partial charge in [0.1, 0.15) is 0 Å². The highest BCUT2D eigenvalue weighted by Crippen LogP contribution is 1.92. The fraction of sp³-hybridized carbons (Fsp3) is 0.286. The average Bonchev–Trinajstić information content (AvgIpc) is 2.24. The van der Waals surface area contributed by atoms with Gasteiger partial charge in [-0.3, -0.25) is 0 Å². The molecule has 78 valence electrons. The van der Waals surface area contributed by atoms with Crippen molar-refractivity contribution in [2.24, 2.45) is 0 Å². The van der Waals surface area contributed by atoms with Crippen LogP contribution in [0.15, 0.2) is 55.1 Å². The standard InChI is InChI=1S/C7H8.C5H8.C2H6/c1-7-5-3-2-4-6-7;1-3-5-4-2;1-2/h2-6H,1H3;3-5H,1H2,2H3;1-2H3/b;5-4-;. The van der Waals surface area contributed by atoms with Crippen molar-refractivity contribution in [2.75, 3.05) is 0 Å². The average molecular weight is 190 g/mol. The largest absolute Gasteiger partial charge is 0.0991 e. The summed E-state index contributed by atoms with van der Waals surface area (Å²) >= 11 is 0. The van der Waals surface area contributed by atoms with Crippen molar-refractivity contribution in [1.29, 1.82) is 0 Å². The lowest BCUT2D eigenvalue weighted by atomic mass is 10.2. The summed E-state index contributed by atoms with van der Waals surface area (Å²) in [6, 6.07) is 10.3. The molecule has 0 saturated carbocycles. The smallest absolute Gasteiger partial charge is 0.0398 e. The van der Waals surface area contributed by atoms with Crippen LogP contribution in [0.2, 0.25) is 0 Å². The van der Waals surface area contributed by atoms with Gasteiger partial charge in [0.25, 0.3) is 0 Å². The highest BCUT2D eigenvalue weighted by Gasteiger charge is 1.72. The lowest BCUT2D eigenvalue weighted by Gasteiger charge is -1.82. The summed E-state index contributed by atoms with van der Waals surface area (Å²) in [5.74, 6) is 0. The van der Waals surface area contributed by atoms with Gasteiger partial charge in [-0.2, -0.15) is 0 Å². The summed E-state index contributed by atoms with van der Waals surface area (Å²) in [6.07, 6.45) is 5.58. The van der Waals surface area contributed by atoms with E-state index in [4.69, 9.17) is 0 Å². The zero-order chi connectivity index (χ0) is 11.2. The molecule has 0 unspecified atom stereocenters. The van der Waals surface area contributed by atoms with Gasteiger partial charge in [0.15, 0.2) is 0 Å². The Bertz CT molecular complexity index is 219. The Morgan fingerprint density at radius 1 is 1.07 bits per heavy atom. The summed E-state index contributed by atoms with van der Waals surface area (Å²) in [5.41, 5.74) is 1.32. The van der Waals surface area contributed by atoms with Crippen LogP contribution in [0.25, 0.3) is 0 Å². The van der Waals surface area contributed by atoms with Crippen LogP contribution in [-0.2, 0) is 0 Å². The number of hydrogen-bond donors (Lipinski definition) is 0. The molecule has 0 aliphatic rings. The number of allylic oxidation sites excluding steroid dienone is 3. The third-order valence-electron chi connectivity index (χ3n) is 1.27. The van der Waals surface area contributed by atoms with E-state index in [0.717, 1.165) is 0 Å². The van der Waals surface area contributed by atoms with Crippen LogP contribution in [-0.4, -0.2) is 0 Å². The SMILES string of the molecule is C=C/C=C\C.CC.Cc1ccccc1. The van der Waals surface area contributed by atoms with E-state index in [2.05, 4.69) is 25.6 Å². The lowest BCUT2D eigenvalue weighted by molar-refractivity contribution is 1.48. The van der Waals surface area contributed by atoms with Crippen molar-refractivity contribution in [3.8, 4) is 0 Å². The zero-order valence-corrected chi connectivity index (χ0v) is 9.83. The topological polar surface area (TPSA) is 0 Å². The fourth-order valence-corrected chi connectivity index (χ4v) is 0.670. The van der Waals surface area contributed by atoms with E-state index in [1.807, 2.05) is 51.1 Å². The first-order valence-corrected chi connectivity index (χ1v) is 5.06. The van der Waals surface area contributed by atoms with Gasteiger partial charge in [0, 0.05) is 0 Å². The van der Waals surface area contributed by atoms with Crippen LogP contribution in [0.3, 0.4) is 0 Å². The van der Waals surface area contributed by atoms with E-state index in [1.54, 1.807) is 6.08 Å². The fourth-order valence-electron chi connectivity index (χ4n) is 0.670. The first-order valence-electron chi connectivity index (χ1n) is 5.06. The monoisotopic (exact) mass is 190 g/mol. The third-order valence-corrected chi connectivity index (χ3v) is 1.27. The van der Waals surface area contributed by atoms with Gasteiger partial charge in [-0.1, -0.05) is 74.5 Å². The second kappa shape index (κ2) is 14.2. The number of hydrogen-bond acceptors (Lipinski definition) is 0. The summed E-state index contributed by atoms with van der Waals surface area (Å²) in [7, 11) is 0. The van der Waals surface area contributed by atoms with Crippen molar-refractivity contribution in [3.05, 3.63) is 60.7 Å². The van der Waals surface area contributed by atoms with Crippen LogP contribution in [0.5, 0.6) is 0 Å². The lowest BCUT2D eigenvalue weighted by Crippen LogP contribution is -1.62. The Morgan fingerprint density at radius 3 is 1.71 bits per heavy atom. The number of aryl methyl sites for hydroxylation is 1. The molecule has 14 heavy (non-hydrogen) atoms. The highest BCUT2D eigenvalue weighted by molar-refractivity contribution is 5.11. The van der Waals surface area contributed by atoms with Gasteiger partial charge in [-0.25, -0.2) is 0 Å². The second-order valence-corrected chi connectivity index (χ2v) is 2.42. The van der Waals surface area contributed by atoms with Gasteiger partial charge < -0.3 is 0 Å². The molecular formula is C14H22. The molecule has 0 atom stereocenters. The van der Waals surface area contributed by atoms with Gasteiger partial charge in [0.2, 0.25) is 0 Å². The van der Waals surface area contributed by atoms with E-state index in [-0.39, 0.29) is 0 Å². The van der Waals surface area contributed by atoms with Crippen LogP contribution in [0.1, 0.15) is 26.3 Å². The third kappa shape index (κ3) is 13.3. The van der Waals surface area contributed by atoms with Crippen molar-refractivity contribution in [3.63, 3.8) is 0 Å². The molecule has 0 N–H and O–H groups in total. The van der Waals surface area contributed by atoms with Crippen LogP contribution in [0, 0.1) is 6.92 Å². The Morgan fingerprint density at radius 2 is 1.57 bits per heavy atom. The summed E-state index contributed by atoms with van der Waals surface area (Å²) in [5, 5.41) is 0. The minimum absolute atomic E-state index is 1.32. The molecule has 0 radical (unpaired) electrons. The molecule has 0 fully saturated rings. The van der Waals surface area contributed by atoms with E-state index in [9.17, 15) is 0 Å². The van der Waals surface area contributed by atoms with E-state index in [1.165, 1.54) is 5.56 Å². The Kier molecular flexibility index (Phi) is 15.4. The molecule has 0 bridgehead atoms. The van der Waals surface area contributed by atoms with Crippen molar-refractivity contribution < 1.29 is 0 Å². The molecular weight excluding hydrogens is 168 g/mol. The first kappa shape index (κ1) is 15.2. The molecule has 0 nitrogen and oxygen atoms in total. The molecule has 0 heteroatoms. The zero-order valence-electron chi connectivity index (χ0n) is 9.83. The van der Waals surface area contributed by atoms with Gasteiger partial charge in [-0.15, -0.1) is 0 Å².